The number of para-hydroxylation sites is 1. The van der Waals surface area contributed by atoms with E-state index in [1.54, 1.807) is 35.4 Å². The van der Waals surface area contributed by atoms with Crippen LogP contribution in [0.25, 0.3) is 5.69 Å². The van der Waals surface area contributed by atoms with E-state index in [4.69, 9.17) is 4.74 Å². The number of anilines is 1. The minimum absolute atomic E-state index is 0.0296. The van der Waals surface area contributed by atoms with Crippen LogP contribution in [0, 0.1) is 5.92 Å². The second-order valence-electron chi connectivity index (χ2n) is 7.56. The van der Waals surface area contributed by atoms with Crippen molar-refractivity contribution in [3.8, 4) is 5.69 Å². The first-order valence-electron chi connectivity index (χ1n) is 9.74. The molecule has 0 atom stereocenters. The van der Waals surface area contributed by atoms with Crippen molar-refractivity contribution in [1.82, 2.24) is 14.8 Å². The number of nitrogens with zero attached hydrogens (tertiary/aromatic N) is 3. The third-order valence-electron chi connectivity index (χ3n) is 5.78. The van der Waals surface area contributed by atoms with E-state index in [0.29, 0.717) is 42.6 Å². The molecule has 2 aliphatic rings. The summed E-state index contributed by atoms with van der Waals surface area (Å²) in [6, 6.07) is 13.2. The molecule has 1 amide bonds. The second-order valence-corrected chi connectivity index (χ2v) is 7.56. The molecular formula is C22H20N4O3. The van der Waals surface area contributed by atoms with E-state index in [1.807, 2.05) is 30.3 Å². The van der Waals surface area contributed by atoms with Crippen molar-refractivity contribution in [2.75, 3.05) is 5.32 Å². The van der Waals surface area contributed by atoms with Crippen molar-refractivity contribution in [3.63, 3.8) is 0 Å². The fourth-order valence-electron chi connectivity index (χ4n) is 4.25. The molecule has 0 bridgehead atoms. The Bertz CT molecular complexity index is 1070. The lowest BCUT2D eigenvalue weighted by atomic mass is 9.76. The summed E-state index contributed by atoms with van der Waals surface area (Å²) in [4.78, 5) is 29.3. The van der Waals surface area contributed by atoms with E-state index in [2.05, 4.69) is 15.4 Å². The number of benzene rings is 1. The van der Waals surface area contributed by atoms with Crippen molar-refractivity contribution >= 4 is 17.6 Å². The number of carbonyl (C=O) groups is 2. The summed E-state index contributed by atoms with van der Waals surface area (Å²) in [5, 5.41) is 7.28. The summed E-state index contributed by atoms with van der Waals surface area (Å²) in [7, 11) is 0. The first kappa shape index (κ1) is 17.6. The van der Waals surface area contributed by atoms with Crippen LogP contribution in [0.15, 0.2) is 61.1 Å². The highest BCUT2D eigenvalue weighted by atomic mass is 16.6. The number of carbonyl (C=O) groups excluding carboxylic acids is 2. The Morgan fingerprint density at radius 2 is 1.93 bits per heavy atom. The number of aromatic nitrogens is 3. The van der Waals surface area contributed by atoms with Crippen molar-refractivity contribution in [2.45, 2.75) is 31.3 Å². The zero-order valence-electron chi connectivity index (χ0n) is 15.7. The number of esters is 1. The Kier molecular flexibility index (Phi) is 4.16. The van der Waals surface area contributed by atoms with Gasteiger partial charge in [-0.25, -0.2) is 9.48 Å². The maximum absolute atomic E-state index is 12.8. The molecule has 1 aliphatic heterocycles. The SMILES string of the molecule is O=C1O[C@]2(CC[C@@H](C(=O)Nc3cnn(-c4ccccc4)c3)CC2)c2ncccc21. The molecule has 1 saturated carbocycles. The first-order valence-corrected chi connectivity index (χ1v) is 9.74. The summed E-state index contributed by atoms with van der Waals surface area (Å²) in [6.45, 7) is 0. The Balaban J connectivity index is 1.25. The monoisotopic (exact) mass is 388 g/mol. The molecular weight excluding hydrogens is 368 g/mol. The van der Waals surface area contributed by atoms with Crippen LogP contribution in [-0.2, 0) is 15.1 Å². The van der Waals surface area contributed by atoms with Gasteiger partial charge in [0.15, 0.2) is 5.60 Å². The van der Waals surface area contributed by atoms with Crippen LogP contribution in [0.1, 0.15) is 41.7 Å². The average Bonchev–Trinajstić information content (AvgIpc) is 3.33. The van der Waals surface area contributed by atoms with Gasteiger partial charge in [-0.3, -0.25) is 9.78 Å². The summed E-state index contributed by atoms with van der Waals surface area (Å²) in [5.41, 5.74) is 2.18. The van der Waals surface area contributed by atoms with E-state index in [-0.39, 0.29) is 17.8 Å². The number of hydrogen-bond donors (Lipinski definition) is 1. The molecule has 5 rings (SSSR count). The van der Waals surface area contributed by atoms with Crippen LogP contribution in [0.2, 0.25) is 0 Å². The van der Waals surface area contributed by atoms with Gasteiger partial charge >= 0.3 is 5.97 Å². The van der Waals surface area contributed by atoms with Crippen LogP contribution >= 0.6 is 0 Å². The number of nitrogens with one attached hydrogen (secondary N) is 1. The minimum Gasteiger partial charge on any atom is -0.449 e. The number of amides is 1. The zero-order chi connectivity index (χ0) is 19.8. The van der Waals surface area contributed by atoms with Crippen molar-refractivity contribution in [3.05, 3.63) is 72.3 Å². The topological polar surface area (TPSA) is 86.1 Å². The lowest BCUT2D eigenvalue weighted by molar-refractivity contribution is -0.122. The number of ether oxygens (including phenoxy) is 1. The van der Waals surface area contributed by atoms with Gasteiger partial charge in [0.05, 0.1) is 35.0 Å². The summed E-state index contributed by atoms with van der Waals surface area (Å²) in [5.74, 6) is -0.477. The molecule has 0 unspecified atom stereocenters. The summed E-state index contributed by atoms with van der Waals surface area (Å²) in [6.07, 6.45) is 7.62. The van der Waals surface area contributed by atoms with Gasteiger partial charge in [0.2, 0.25) is 5.91 Å². The fourth-order valence-corrected chi connectivity index (χ4v) is 4.25. The lowest BCUT2D eigenvalue weighted by Crippen LogP contribution is -2.36. The van der Waals surface area contributed by atoms with E-state index in [1.165, 1.54) is 0 Å². The molecule has 1 aliphatic carbocycles. The largest absolute Gasteiger partial charge is 0.449 e. The van der Waals surface area contributed by atoms with Crippen LogP contribution in [0.3, 0.4) is 0 Å². The highest BCUT2D eigenvalue weighted by molar-refractivity contribution is 5.94. The Morgan fingerprint density at radius 3 is 2.72 bits per heavy atom. The zero-order valence-corrected chi connectivity index (χ0v) is 15.7. The molecule has 1 spiro atoms. The molecule has 1 fully saturated rings. The van der Waals surface area contributed by atoms with Gasteiger partial charge in [0, 0.05) is 12.1 Å². The number of hydrogen-bond acceptors (Lipinski definition) is 5. The third kappa shape index (κ3) is 3.08. The van der Waals surface area contributed by atoms with E-state index in [0.717, 1.165) is 5.69 Å². The molecule has 1 N–H and O–H groups in total. The van der Waals surface area contributed by atoms with Gasteiger partial charge in [-0.2, -0.15) is 5.10 Å². The van der Waals surface area contributed by atoms with Gasteiger partial charge < -0.3 is 10.1 Å². The van der Waals surface area contributed by atoms with Crippen LogP contribution in [0.5, 0.6) is 0 Å². The van der Waals surface area contributed by atoms with Crippen molar-refractivity contribution in [2.24, 2.45) is 5.92 Å². The van der Waals surface area contributed by atoms with Crippen molar-refractivity contribution in [1.29, 1.82) is 0 Å². The quantitative estimate of drug-likeness (QED) is 0.695. The predicted octanol–water partition coefficient (Wildman–Crippen LogP) is 3.46. The molecule has 3 aromatic rings. The Hall–Kier alpha value is -3.48. The van der Waals surface area contributed by atoms with Crippen LogP contribution < -0.4 is 5.32 Å². The highest BCUT2D eigenvalue weighted by Crippen LogP contribution is 2.47. The van der Waals surface area contributed by atoms with E-state index < -0.39 is 5.60 Å². The smallest absolute Gasteiger partial charge is 0.341 e. The minimum atomic E-state index is -0.678. The third-order valence-corrected chi connectivity index (χ3v) is 5.78. The van der Waals surface area contributed by atoms with E-state index >= 15 is 0 Å². The normalized spacial score (nSPS) is 22.9. The Morgan fingerprint density at radius 1 is 1.14 bits per heavy atom. The second kappa shape index (κ2) is 6.84. The number of fused-ring (bicyclic) bond motifs is 2. The molecule has 1 aromatic carbocycles. The van der Waals surface area contributed by atoms with Crippen LogP contribution in [0.4, 0.5) is 5.69 Å². The molecule has 3 heterocycles. The molecule has 146 valence electrons. The maximum atomic E-state index is 12.8. The molecule has 0 radical (unpaired) electrons. The molecule has 7 nitrogen and oxygen atoms in total. The molecule has 0 saturated heterocycles. The summed E-state index contributed by atoms with van der Waals surface area (Å²) < 4.78 is 7.44. The number of pyridine rings is 1. The standard InChI is InChI=1S/C22H20N4O3/c27-20(25-16-13-24-26(14-16)17-5-2-1-3-6-17)15-8-10-22(11-9-15)19-18(21(28)29-22)7-4-12-23-19/h1-7,12-15H,8-11H2,(H,25,27)/t15-,22+. The average molecular weight is 388 g/mol. The molecule has 7 heteroatoms. The highest BCUT2D eigenvalue weighted by Gasteiger charge is 2.49. The van der Waals surface area contributed by atoms with Crippen molar-refractivity contribution < 1.29 is 14.3 Å². The Labute approximate surface area is 167 Å². The van der Waals surface area contributed by atoms with Gasteiger partial charge in [0.1, 0.15) is 0 Å². The summed E-state index contributed by atoms with van der Waals surface area (Å²) >= 11 is 0. The number of rotatable bonds is 3. The van der Waals surface area contributed by atoms with E-state index in [9.17, 15) is 9.59 Å². The first-order chi connectivity index (χ1) is 14.1. The van der Waals surface area contributed by atoms with Gasteiger partial charge in [0.25, 0.3) is 0 Å². The van der Waals surface area contributed by atoms with Gasteiger partial charge in [-0.1, -0.05) is 18.2 Å². The van der Waals surface area contributed by atoms with Gasteiger partial charge in [-0.05, 0) is 49.9 Å². The van der Waals surface area contributed by atoms with Crippen LogP contribution in [-0.4, -0.2) is 26.6 Å². The van der Waals surface area contributed by atoms with Gasteiger partial charge in [-0.15, -0.1) is 0 Å². The molecule has 2 aromatic heterocycles. The predicted molar refractivity (Wildman–Crippen MR) is 105 cm³/mol. The fraction of sp³-hybridized carbons (Fsp3) is 0.273. The molecule has 29 heavy (non-hydrogen) atoms. The maximum Gasteiger partial charge on any atom is 0.341 e. The lowest BCUT2D eigenvalue weighted by Gasteiger charge is -2.35.